The molecule has 4 nitrogen and oxygen atoms in total. The smallest absolute Gasteiger partial charge is 0.319 e. The molecule has 0 amide bonds. The summed E-state index contributed by atoms with van der Waals surface area (Å²) >= 11 is 1.43. The molecule has 1 aromatic heterocycles. The Kier molecular flexibility index (Phi) is 3.61. The van der Waals surface area contributed by atoms with E-state index in [1.54, 1.807) is 13.8 Å². The predicted octanol–water partition coefficient (Wildman–Crippen LogP) is 2.70. The molecule has 0 saturated heterocycles. The van der Waals surface area contributed by atoms with E-state index in [-0.39, 0.29) is 0 Å². The van der Waals surface area contributed by atoms with Crippen molar-refractivity contribution in [2.75, 3.05) is 5.75 Å². The van der Waals surface area contributed by atoms with Crippen LogP contribution in [-0.2, 0) is 11.2 Å². The predicted molar refractivity (Wildman–Crippen MR) is 74.0 cm³/mol. The molecule has 0 aliphatic carbocycles. The van der Waals surface area contributed by atoms with Crippen LogP contribution in [0.2, 0.25) is 0 Å². The SMILES string of the molecule is CC(C)(SCCc1nc2ccccc2[nH]1)C(=O)O. The molecule has 1 aromatic carbocycles. The average molecular weight is 264 g/mol. The van der Waals surface area contributed by atoms with Crippen LogP contribution in [0.1, 0.15) is 19.7 Å². The second-order valence-electron chi connectivity index (χ2n) is 4.61. The molecule has 0 atom stereocenters. The summed E-state index contributed by atoms with van der Waals surface area (Å²) in [6.45, 7) is 3.44. The van der Waals surface area contributed by atoms with Crippen LogP contribution in [0.25, 0.3) is 11.0 Å². The minimum Gasteiger partial charge on any atom is -0.480 e. The van der Waals surface area contributed by atoms with Crippen molar-refractivity contribution in [3.8, 4) is 0 Å². The Hall–Kier alpha value is -1.49. The monoisotopic (exact) mass is 264 g/mol. The Morgan fingerprint density at radius 2 is 2.17 bits per heavy atom. The highest BCUT2D eigenvalue weighted by Gasteiger charge is 2.27. The van der Waals surface area contributed by atoms with Gasteiger partial charge in [0.1, 0.15) is 10.6 Å². The third-order valence-electron chi connectivity index (χ3n) is 2.76. The summed E-state index contributed by atoms with van der Waals surface area (Å²) in [6, 6.07) is 7.87. The number of aryl methyl sites for hydroxylation is 1. The lowest BCUT2D eigenvalue weighted by Crippen LogP contribution is -2.27. The minimum atomic E-state index is -0.780. The standard InChI is InChI=1S/C13H16N2O2S/c1-13(2,12(16)17)18-8-7-11-14-9-5-3-4-6-10(9)15-11/h3-6H,7-8H2,1-2H3,(H,14,15)(H,16,17). The van der Waals surface area contributed by atoms with Crippen molar-refractivity contribution < 1.29 is 9.90 Å². The maximum atomic E-state index is 11.0. The molecule has 0 saturated carbocycles. The molecule has 96 valence electrons. The Morgan fingerprint density at radius 3 is 2.83 bits per heavy atom. The first-order chi connectivity index (χ1) is 8.49. The van der Waals surface area contributed by atoms with E-state index in [1.807, 2.05) is 24.3 Å². The summed E-state index contributed by atoms with van der Waals surface area (Å²) in [5.41, 5.74) is 1.98. The van der Waals surface area contributed by atoms with Crippen molar-refractivity contribution in [2.24, 2.45) is 0 Å². The fraction of sp³-hybridized carbons (Fsp3) is 0.385. The van der Waals surface area contributed by atoms with Gasteiger partial charge in [-0.25, -0.2) is 4.98 Å². The van der Waals surface area contributed by atoms with E-state index in [9.17, 15) is 4.79 Å². The summed E-state index contributed by atoms with van der Waals surface area (Å²) in [6.07, 6.45) is 0.746. The highest BCUT2D eigenvalue weighted by Crippen LogP contribution is 2.25. The van der Waals surface area contributed by atoms with Gasteiger partial charge >= 0.3 is 5.97 Å². The summed E-state index contributed by atoms with van der Waals surface area (Å²) in [4.78, 5) is 18.7. The molecule has 0 aliphatic heterocycles. The lowest BCUT2D eigenvalue weighted by Gasteiger charge is -2.17. The number of H-pyrrole nitrogens is 1. The Bertz CT molecular complexity index is 530. The maximum Gasteiger partial charge on any atom is 0.319 e. The van der Waals surface area contributed by atoms with Gasteiger partial charge in [-0.1, -0.05) is 12.1 Å². The summed E-state index contributed by atoms with van der Waals surface area (Å²) in [5.74, 6) is 0.862. The van der Waals surface area contributed by atoms with Crippen molar-refractivity contribution in [2.45, 2.75) is 25.0 Å². The first-order valence-electron chi connectivity index (χ1n) is 5.80. The molecule has 0 unspecified atom stereocenters. The number of hydrogen-bond acceptors (Lipinski definition) is 3. The molecule has 0 fully saturated rings. The molecule has 0 radical (unpaired) electrons. The van der Waals surface area contributed by atoms with Gasteiger partial charge in [-0.3, -0.25) is 4.79 Å². The fourth-order valence-corrected chi connectivity index (χ4v) is 2.52. The largest absolute Gasteiger partial charge is 0.480 e. The van der Waals surface area contributed by atoms with Crippen molar-refractivity contribution >= 4 is 28.8 Å². The number of carboxylic acids is 1. The van der Waals surface area contributed by atoms with Crippen LogP contribution in [0.15, 0.2) is 24.3 Å². The Balaban J connectivity index is 1.96. The van der Waals surface area contributed by atoms with Gasteiger partial charge < -0.3 is 10.1 Å². The number of carboxylic acid groups (broad SMARTS) is 1. The number of para-hydroxylation sites is 2. The average Bonchev–Trinajstić information content (AvgIpc) is 2.70. The third kappa shape index (κ3) is 2.85. The van der Waals surface area contributed by atoms with Gasteiger partial charge in [0.05, 0.1) is 11.0 Å². The van der Waals surface area contributed by atoms with E-state index in [0.717, 1.165) is 29.0 Å². The van der Waals surface area contributed by atoms with E-state index in [1.165, 1.54) is 11.8 Å². The van der Waals surface area contributed by atoms with Gasteiger partial charge in [0.25, 0.3) is 0 Å². The van der Waals surface area contributed by atoms with E-state index in [2.05, 4.69) is 9.97 Å². The zero-order valence-corrected chi connectivity index (χ0v) is 11.3. The van der Waals surface area contributed by atoms with Crippen LogP contribution in [0.4, 0.5) is 0 Å². The topological polar surface area (TPSA) is 66.0 Å². The number of aliphatic carboxylic acids is 1. The number of carbonyl (C=O) groups is 1. The van der Waals surface area contributed by atoms with E-state index >= 15 is 0 Å². The Morgan fingerprint density at radius 1 is 1.44 bits per heavy atom. The second kappa shape index (κ2) is 5.02. The third-order valence-corrected chi connectivity index (χ3v) is 4.06. The highest BCUT2D eigenvalue weighted by atomic mass is 32.2. The lowest BCUT2D eigenvalue weighted by molar-refractivity contribution is -0.138. The lowest BCUT2D eigenvalue weighted by atomic mass is 10.2. The summed E-state index contributed by atoms with van der Waals surface area (Å²) < 4.78 is -0.744. The Labute approximate surface area is 110 Å². The fourth-order valence-electron chi connectivity index (χ4n) is 1.59. The van der Waals surface area contributed by atoms with Crippen molar-refractivity contribution in [1.82, 2.24) is 9.97 Å². The van der Waals surface area contributed by atoms with Gasteiger partial charge in [0.15, 0.2) is 0 Å². The van der Waals surface area contributed by atoms with Crippen LogP contribution in [0, 0.1) is 0 Å². The number of aromatic amines is 1. The summed E-state index contributed by atoms with van der Waals surface area (Å²) in [5, 5.41) is 9.01. The summed E-state index contributed by atoms with van der Waals surface area (Å²) in [7, 11) is 0. The maximum absolute atomic E-state index is 11.0. The molecule has 1 heterocycles. The molecule has 2 aromatic rings. The normalized spacial score (nSPS) is 11.9. The van der Waals surface area contributed by atoms with Crippen LogP contribution in [0.3, 0.4) is 0 Å². The van der Waals surface area contributed by atoms with Gasteiger partial charge in [-0.2, -0.15) is 0 Å². The number of nitrogens with one attached hydrogen (secondary N) is 1. The van der Waals surface area contributed by atoms with Gasteiger partial charge in [-0.15, -0.1) is 11.8 Å². The van der Waals surface area contributed by atoms with E-state index in [0.29, 0.717) is 0 Å². The molecule has 2 rings (SSSR count). The number of imidazole rings is 1. The quantitative estimate of drug-likeness (QED) is 0.871. The van der Waals surface area contributed by atoms with Gasteiger partial charge in [0, 0.05) is 12.2 Å². The van der Waals surface area contributed by atoms with Crippen molar-refractivity contribution in [3.63, 3.8) is 0 Å². The van der Waals surface area contributed by atoms with Crippen LogP contribution < -0.4 is 0 Å². The molecular formula is C13H16N2O2S. The van der Waals surface area contributed by atoms with E-state index < -0.39 is 10.7 Å². The van der Waals surface area contributed by atoms with Gasteiger partial charge in [0.2, 0.25) is 0 Å². The van der Waals surface area contributed by atoms with Crippen LogP contribution in [0.5, 0.6) is 0 Å². The van der Waals surface area contributed by atoms with Crippen molar-refractivity contribution in [3.05, 3.63) is 30.1 Å². The number of hydrogen-bond donors (Lipinski definition) is 2. The molecule has 18 heavy (non-hydrogen) atoms. The number of thioether (sulfide) groups is 1. The zero-order chi connectivity index (χ0) is 13.2. The first-order valence-corrected chi connectivity index (χ1v) is 6.78. The molecule has 0 spiro atoms. The number of nitrogens with zero attached hydrogens (tertiary/aromatic N) is 1. The minimum absolute atomic E-state index is 0.735. The number of aromatic nitrogens is 2. The molecule has 2 N–H and O–H groups in total. The van der Waals surface area contributed by atoms with Crippen LogP contribution >= 0.6 is 11.8 Å². The molecule has 0 bridgehead atoms. The molecule has 0 aliphatic rings. The number of fused-ring (bicyclic) bond motifs is 1. The van der Waals surface area contributed by atoms with Gasteiger partial charge in [-0.05, 0) is 26.0 Å². The molecule has 5 heteroatoms. The number of benzene rings is 1. The van der Waals surface area contributed by atoms with E-state index in [4.69, 9.17) is 5.11 Å². The first kappa shape index (κ1) is 13.0. The second-order valence-corrected chi connectivity index (χ2v) is 6.33. The molecular weight excluding hydrogens is 248 g/mol. The van der Waals surface area contributed by atoms with Crippen LogP contribution in [-0.4, -0.2) is 31.5 Å². The van der Waals surface area contributed by atoms with Crippen molar-refractivity contribution in [1.29, 1.82) is 0 Å². The number of rotatable bonds is 5. The zero-order valence-electron chi connectivity index (χ0n) is 10.4. The highest BCUT2D eigenvalue weighted by molar-refractivity contribution is 8.01.